The van der Waals surface area contributed by atoms with E-state index in [1.165, 1.54) is 33.0 Å². The smallest absolute Gasteiger partial charge is 0.227 e. The third-order valence-corrected chi connectivity index (χ3v) is 12.7. The molecule has 0 saturated heterocycles. The highest BCUT2D eigenvalue weighted by atomic mass is 16.3. The molecule has 310 valence electrons. The Morgan fingerprint density at radius 1 is 0.318 bits per heavy atom. The molecule has 11 aromatic carbocycles. The third-order valence-electron chi connectivity index (χ3n) is 12.7. The molecule has 3 heteroatoms. The molecule has 1 aromatic heterocycles. The Kier molecular flexibility index (Phi) is 9.85. The van der Waals surface area contributed by atoms with E-state index < -0.39 is 0 Å². The molecular formula is C63H42N2O. The van der Waals surface area contributed by atoms with Crippen molar-refractivity contribution in [1.82, 2.24) is 4.98 Å². The van der Waals surface area contributed by atoms with Crippen molar-refractivity contribution in [2.75, 3.05) is 4.90 Å². The van der Waals surface area contributed by atoms with Crippen LogP contribution in [0.1, 0.15) is 0 Å². The molecule has 0 spiro atoms. The van der Waals surface area contributed by atoms with Gasteiger partial charge in [-0.3, -0.25) is 0 Å². The molecule has 0 fully saturated rings. The van der Waals surface area contributed by atoms with Crippen LogP contribution < -0.4 is 4.90 Å². The van der Waals surface area contributed by atoms with E-state index in [-0.39, 0.29) is 0 Å². The lowest BCUT2D eigenvalue weighted by Gasteiger charge is -2.30. The van der Waals surface area contributed by atoms with Crippen molar-refractivity contribution in [2.24, 2.45) is 0 Å². The third kappa shape index (κ3) is 7.10. The first kappa shape index (κ1) is 38.9. The molecule has 12 aromatic rings. The van der Waals surface area contributed by atoms with Gasteiger partial charge in [-0.15, -0.1) is 0 Å². The zero-order chi connectivity index (χ0) is 43.8. The molecule has 0 unspecified atom stereocenters. The summed E-state index contributed by atoms with van der Waals surface area (Å²) in [4.78, 5) is 7.41. The van der Waals surface area contributed by atoms with Gasteiger partial charge in [0.2, 0.25) is 5.89 Å². The van der Waals surface area contributed by atoms with Crippen LogP contribution in [0.5, 0.6) is 0 Å². The van der Waals surface area contributed by atoms with Gasteiger partial charge in [0.25, 0.3) is 0 Å². The van der Waals surface area contributed by atoms with E-state index >= 15 is 0 Å². The van der Waals surface area contributed by atoms with Crippen LogP contribution in [0.2, 0.25) is 0 Å². The fourth-order valence-electron chi connectivity index (χ4n) is 9.52. The summed E-state index contributed by atoms with van der Waals surface area (Å²) in [7, 11) is 0. The van der Waals surface area contributed by atoms with Crippen molar-refractivity contribution in [1.29, 1.82) is 0 Å². The molecule has 0 bridgehead atoms. The van der Waals surface area contributed by atoms with E-state index in [1.807, 2.05) is 30.3 Å². The summed E-state index contributed by atoms with van der Waals surface area (Å²) in [5.74, 6) is 0.625. The first-order chi connectivity index (χ1) is 32.7. The predicted octanol–water partition coefficient (Wildman–Crippen LogP) is 17.6. The second kappa shape index (κ2) is 16.7. The zero-order valence-corrected chi connectivity index (χ0v) is 36.1. The van der Waals surface area contributed by atoms with Gasteiger partial charge in [0.1, 0.15) is 5.52 Å². The number of rotatable bonds is 9. The Balaban J connectivity index is 1.01. The van der Waals surface area contributed by atoms with Gasteiger partial charge in [0.15, 0.2) is 5.58 Å². The standard InChI is InChI=1S/C63H42N2O/c1-5-17-43(18-6-1)44-33-36-51(37-34-44)65(60-40-35-46-21-13-14-26-54(46)61(60)49-22-9-3-10-23-49)52-38-39-53(57(41-52)45-19-7-2-8-20-45)47-29-31-48(32-30-47)58-42-59-62(56-28-16-15-27-55(56)58)66-63(64-59)50-24-11-4-12-25-50/h1-42H. The Morgan fingerprint density at radius 3 is 1.50 bits per heavy atom. The van der Waals surface area contributed by atoms with Gasteiger partial charge in [0, 0.05) is 27.9 Å². The van der Waals surface area contributed by atoms with Gasteiger partial charge >= 0.3 is 0 Å². The largest absolute Gasteiger partial charge is 0.435 e. The number of nitrogens with zero attached hydrogens (tertiary/aromatic N) is 2. The van der Waals surface area contributed by atoms with E-state index in [9.17, 15) is 0 Å². The Hall–Kier alpha value is -8.79. The number of fused-ring (bicyclic) bond motifs is 4. The number of hydrogen-bond donors (Lipinski definition) is 0. The molecule has 0 N–H and O–H groups in total. The molecular weight excluding hydrogens is 801 g/mol. The lowest BCUT2D eigenvalue weighted by molar-refractivity contribution is 0.623. The molecule has 0 radical (unpaired) electrons. The number of benzene rings is 11. The minimum Gasteiger partial charge on any atom is -0.435 e. The van der Waals surface area contributed by atoms with Crippen LogP contribution in [-0.2, 0) is 0 Å². The highest BCUT2D eigenvalue weighted by molar-refractivity contribution is 6.11. The minimum atomic E-state index is 0.625. The van der Waals surface area contributed by atoms with Crippen LogP contribution in [-0.4, -0.2) is 4.98 Å². The van der Waals surface area contributed by atoms with Crippen LogP contribution in [0, 0.1) is 0 Å². The molecule has 66 heavy (non-hydrogen) atoms. The van der Waals surface area contributed by atoms with Crippen LogP contribution in [0.4, 0.5) is 17.1 Å². The quantitative estimate of drug-likeness (QED) is 0.145. The van der Waals surface area contributed by atoms with E-state index in [0.717, 1.165) is 77.9 Å². The van der Waals surface area contributed by atoms with E-state index in [2.05, 4.69) is 229 Å². The van der Waals surface area contributed by atoms with Crippen molar-refractivity contribution < 1.29 is 4.42 Å². The lowest BCUT2D eigenvalue weighted by atomic mass is 9.91. The normalized spacial score (nSPS) is 11.3. The van der Waals surface area contributed by atoms with E-state index in [4.69, 9.17) is 9.40 Å². The average Bonchev–Trinajstić information content (AvgIpc) is 3.85. The molecule has 0 aliphatic rings. The van der Waals surface area contributed by atoms with Crippen LogP contribution in [0.3, 0.4) is 0 Å². The summed E-state index contributed by atoms with van der Waals surface area (Å²) in [5, 5.41) is 4.59. The van der Waals surface area contributed by atoms with Crippen LogP contribution in [0.15, 0.2) is 259 Å². The van der Waals surface area contributed by atoms with E-state index in [0.29, 0.717) is 5.89 Å². The second-order valence-corrected chi connectivity index (χ2v) is 16.7. The summed E-state index contributed by atoms with van der Waals surface area (Å²) in [6.07, 6.45) is 0. The van der Waals surface area contributed by atoms with Crippen molar-refractivity contribution in [3.63, 3.8) is 0 Å². The van der Waals surface area contributed by atoms with Crippen LogP contribution >= 0.6 is 0 Å². The Labute approximate surface area is 384 Å². The molecule has 0 aliphatic carbocycles. The summed E-state index contributed by atoms with van der Waals surface area (Å²) < 4.78 is 6.43. The lowest BCUT2D eigenvalue weighted by Crippen LogP contribution is -2.12. The van der Waals surface area contributed by atoms with Crippen molar-refractivity contribution >= 4 is 49.7 Å². The summed E-state index contributed by atoms with van der Waals surface area (Å²) in [6, 6.07) is 91.0. The summed E-state index contributed by atoms with van der Waals surface area (Å²) in [5.41, 5.74) is 17.4. The minimum absolute atomic E-state index is 0.625. The van der Waals surface area contributed by atoms with Gasteiger partial charge in [-0.2, -0.15) is 0 Å². The monoisotopic (exact) mass is 842 g/mol. The number of hydrogen-bond acceptors (Lipinski definition) is 3. The first-order valence-electron chi connectivity index (χ1n) is 22.4. The summed E-state index contributed by atoms with van der Waals surface area (Å²) >= 11 is 0. The number of aromatic nitrogens is 1. The molecule has 0 saturated carbocycles. The Bertz CT molecular complexity index is 3660. The van der Waals surface area contributed by atoms with Gasteiger partial charge in [-0.05, 0) is 115 Å². The molecule has 0 aliphatic heterocycles. The first-order valence-corrected chi connectivity index (χ1v) is 22.4. The predicted molar refractivity (Wildman–Crippen MR) is 276 cm³/mol. The van der Waals surface area contributed by atoms with Crippen molar-refractivity contribution in [2.45, 2.75) is 0 Å². The topological polar surface area (TPSA) is 29.3 Å². The average molecular weight is 843 g/mol. The molecule has 0 atom stereocenters. The number of anilines is 3. The SMILES string of the molecule is c1ccc(-c2ccc(N(c3ccc(-c4ccc(-c5cc6nc(-c7ccccc7)oc6c6ccccc56)cc4)c(-c4ccccc4)c3)c3ccc4ccccc4c3-c3ccccc3)cc2)cc1. The van der Waals surface area contributed by atoms with Crippen molar-refractivity contribution in [3.05, 3.63) is 255 Å². The highest BCUT2D eigenvalue weighted by Gasteiger charge is 2.22. The van der Waals surface area contributed by atoms with E-state index in [1.54, 1.807) is 0 Å². The number of oxazole rings is 1. The van der Waals surface area contributed by atoms with Crippen LogP contribution in [0.25, 0.3) is 99.7 Å². The van der Waals surface area contributed by atoms with Gasteiger partial charge < -0.3 is 9.32 Å². The van der Waals surface area contributed by atoms with Gasteiger partial charge in [-0.1, -0.05) is 206 Å². The van der Waals surface area contributed by atoms with Gasteiger partial charge in [-0.25, -0.2) is 4.98 Å². The maximum atomic E-state index is 6.43. The molecule has 12 rings (SSSR count). The molecule has 3 nitrogen and oxygen atoms in total. The second-order valence-electron chi connectivity index (χ2n) is 16.7. The highest BCUT2D eigenvalue weighted by Crippen LogP contribution is 2.47. The fourth-order valence-corrected chi connectivity index (χ4v) is 9.52. The Morgan fingerprint density at radius 2 is 0.818 bits per heavy atom. The fraction of sp³-hybridized carbons (Fsp3) is 0. The molecule has 0 amide bonds. The maximum absolute atomic E-state index is 6.43. The van der Waals surface area contributed by atoms with Crippen molar-refractivity contribution in [3.8, 4) is 67.1 Å². The zero-order valence-electron chi connectivity index (χ0n) is 36.1. The maximum Gasteiger partial charge on any atom is 0.227 e. The summed E-state index contributed by atoms with van der Waals surface area (Å²) in [6.45, 7) is 0. The molecule has 1 heterocycles. The van der Waals surface area contributed by atoms with Gasteiger partial charge in [0.05, 0.1) is 5.69 Å².